The molecule has 0 saturated carbocycles. The van der Waals surface area contributed by atoms with Crippen LogP contribution < -0.4 is 4.72 Å². The van der Waals surface area contributed by atoms with Crippen LogP contribution in [0.4, 0.5) is 18.9 Å². The molecule has 3 rings (SSSR count). The molecule has 0 saturated heterocycles. The first-order chi connectivity index (χ1) is 14.4. The van der Waals surface area contributed by atoms with Crippen molar-refractivity contribution in [3.63, 3.8) is 0 Å². The Balaban J connectivity index is 1.85. The fraction of sp³-hybridized carbons (Fsp3) is 0.158. The van der Waals surface area contributed by atoms with Crippen LogP contribution in [0, 0.1) is 0 Å². The number of aromatic nitrogens is 2. The first-order valence-corrected chi connectivity index (χ1v) is 11.9. The van der Waals surface area contributed by atoms with Gasteiger partial charge in [-0.2, -0.15) is 13.2 Å². The average Bonchev–Trinajstić information content (AvgIpc) is 2.73. The summed E-state index contributed by atoms with van der Waals surface area (Å²) in [5, 5.41) is 7.42. The summed E-state index contributed by atoms with van der Waals surface area (Å²) in [6.45, 7) is 1.48. The number of hydrogen-bond acceptors (Lipinski definition) is 6. The minimum Gasteiger partial charge on any atom is -0.280 e. The summed E-state index contributed by atoms with van der Waals surface area (Å²) in [7, 11) is -7.64. The van der Waals surface area contributed by atoms with E-state index in [2.05, 4.69) is 14.9 Å². The van der Waals surface area contributed by atoms with Crippen molar-refractivity contribution < 1.29 is 30.0 Å². The summed E-state index contributed by atoms with van der Waals surface area (Å²) in [6.07, 6.45) is -4.57. The minimum atomic E-state index is -4.57. The summed E-state index contributed by atoms with van der Waals surface area (Å²) >= 11 is 0. The number of hydrogen-bond donors (Lipinski definition) is 1. The third-order valence-corrected chi connectivity index (χ3v) is 7.25. The summed E-state index contributed by atoms with van der Waals surface area (Å²) in [6, 6.07) is 11.9. The number of halogens is 3. The van der Waals surface area contributed by atoms with E-state index in [9.17, 15) is 30.0 Å². The Kier molecular flexibility index (Phi) is 6.05. The number of anilines is 1. The molecular weight excluding hydrogens is 455 g/mol. The minimum absolute atomic E-state index is 0.123. The molecule has 0 bridgehead atoms. The molecule has 164 valence electrons. The van der Waals surface area contributed by atoms with Crippen molar-refractivity contribution in [2.45, 2.75) is 23.0 Å². The zero-order valence-electron chi connectivity index (χ0n) is 16.0. The molecule has 0 aliphatic rings. The first-order valence-electron chi connectivity index (χ1n) is 8.79. The molecule has 31 heavy (non-hydrogen) atoms. The molecule has 0 amide bonds. The van der Waals surface area contributed by atoms with Crippen molar-refractivity contribution in [1.29, 1.82) is 0 Å². The van der Waals surface area contributed by atoms with Gasteiger partial charge in [-0.15, -0.1) is 10.2 Å². The Morgan fingerprint density at radius 3 is 2.13 bits per heavy atom. The van der Waals surface area contributed by atoms with E-state index in [1.165, 1.54) is 37.3 Å². The fourth-order valence-electron chi connectivity index (χ4n) is 2.57. The van der Waals surface area contributed by atoms with Gasteiger partial charge in [0.25, 0.3) is 10.0 Å². The van der Waals surface area contributed by atoms with Gasteiger partial charge in [-0.05, 0) is 48.5 Å². The second-order valence-electron chi connectivity index (χ2n) is 6.37. The predicted molar refractivity (Wildman–Crippen MR) is 107 cm³/mol. The van der Waals surface area contributed by atoms with Crippen molar-refractivity contribution in [3.8, 4) is 11.3 Å². The first kappa shape index (κ1) is 22.7. The van der Waals surface area contributed by atoms with Crippen LogP contribution >= 0.6 is 0 Å². The van der Waals surface area contributed by atoms with E-state index in [0.717, 1.165) is 12.1 Å². The van der Waals surface area contributed by atoms with Crippen molar-refractivity contribution in [2.24, 2.45) is 0 Å². The molecule has 0 radical (unpaired) electrons. The Hall–Kier alpha value is -2.99. The number of nitrogens with zero attached hydrogens (tertiary/aromatic N) is 2. The number of rotatable bonds is 6. The van der Waals surface area contributed by atoms with Crippen LogP contribution in [-0.2, 0) is 26.0 Å². The molecule has 1 heterocycles. The van der Waals surface area contributed by atoms with Crippen LogP contribution in [0.15, 0.2) is 70.6 Å². The van der Waals surface area contributed by atoms with Crippen molar-refractivity contribution in [3.05, 3.63) is 66.2 Å². The molecule has 0 spiro atoms. The summed E-state index contributed by atoms with van der Waals surface area (Å²) < 4.78 is 89.0. The molecule has 1 aromatic heterocycles. The highest BCUT2D eigenvalue weighted by Crippen LogP contribution is 2.30. The van der Waals surface area contributed by atoms with Gasteiger partial charge in [0.15, 0.2) is 14.9 Å². The fourth-order valence-corrected chi connectivity index (χ4v) is 4.35. The van der Waals surface area contributed by atoms with Gasteiger partial charge in [0.05, 0.1) is 21.9 Å². The molecule has 7 nitrogen and oxygen atoms in total. The molecule has 2 aromatic carbocycles. The van der Waals surface area contributed by atoms with Crippen LogP contribution in [0.3, 0.4) is 0 Å². The maximum absolute atomic E-state index is 12.7. The largest absolute Gasteiger partial charge is 0.416 e. The quantitative estimate of drug-likeness (QED) is 0.587. The van der Waals surface area contributed by atoms with E-state index in [-0.39, 0.29) is 21.4 Å². The molecule has 0 atom stereocenters. The number of nitrogens with one attached hydrogen (secondary N) is 1. The van der Waals surface area contributed by atoms with Gasteiger partial charge in [0.2, 0.25) is 0 Å². The van der Waals surface area contributed by atoms with E-state index in [0.29, 0.717) is 23.4 Å². The number of sulfonamides is 1. The molecule has 12 heteroatoms. The van der Waals surface area contributed by atoms with Gasteiger partial charge < -0.3 is 0 Å². The smallest absolute Gasteiger partial charge is 0.280 e. The third-order valence-electron chi connectivity index (χ3n) is 4.24. The monoisotopic (exact) mass is 471 g/mol. The maximum atomic E-state index is 12.7. The van der Waals surface area contributed by atoms with Crippen LogP contribution in [-0.4, -0.2) is 32.8 Å². The van der Waals surface area contributed by atoms with Crippen LogP contribution in [0.25, 0.3) is 11.3 Å². The lowest BCUT2D eigenvalue weighted by Gasteiger charge is -2.11. The highest BCUT2D eigenvalue weighted by molar-refractivity contribution is 7.92. The number of alkyl halides is 3. The Morgan fingerprint density at radius 1 is 0.903 bits per heavy atom. The van der Waals surface area contributed by atoms with Crippen molar-refractivity contribution in [1.82, 2.24) is 10.2 Å². The molecule has 3 aromatic rings. The summed E-state index contributed by atoms with van der Waals surface area (Å²) in [4.78, 5) is -0.334. The normalized spacial score (nSPS) is 12.5. The maximum Gasteiger partial charge on any atom is 0.416 e. The van der Waals surface area contributed by atoms with Gasteiger partial charge in [-0.1, -0.05) is 19.1 Å². The molecule has 0 aliphatic heterocycles. The van der Waals surface area contributed by atoms with Crippen LogP contribution in [0.1, 0.15) is 12.5 Å². The molecule has 0 fully saturated rings. The van der Waals surface area contributed by atoms with E-state index in [4.69, 9.17) is 0 Å². The topological polar surface area (TPSA) is 106 Å². The van der Waals surface area contributed by atoms with Crippen molar-refractivity contribution in [2.75, 3.05) is 10.5 Å². The lowest BCUT2D eigenvalue weighted by atomic mass is 10.1. The molecular formula is C19H16F3N3O4S2. The Labute approximate surface area is 176 Å². The number of sulfone groups is 1. The summed E-state index contributed by atoms with van der Waals surface area (Å²) in [5.74, 6) is -0.123. The van der Waals surface area contributed by atoms with Crippen LogP contribution in [0.5, 0.6) is 0 Å². The van der Waals surface area contributed by atoms with Gasteiger partial charge in [-0.25, -0.2) is 16.8 Å². The zero-order valence-corrected chi connectivity index (χ0v) is 17.6. The summed E-state index contributed by atoms with van der Waals surface area (Å²) in [5.41, 5.74) is -0.0452. The van der Waals surface area contributed by atoms with Gasteiger partial charge in [0, 0.05) is 11.3 Å². The van der Waals surface area contributed by atoms with Crippen LogP contribution in [0.2, 0.25) is 0 Å². The molecule has 0 aliphatic carbocycles. The average molecular weight is 471 g/mol. The molecule has 0 unspecified atom stereocenters. The third kappa shape index (κ3) is 5.20. The second kappa shape index (κ2) is 8.27. The number of benzene rings is 2. The second-order valence-corrected chi connectivity index (χ2v) is 10.3. The van der Waals surface area contributed by atoms with E-state index in [1.54, 1.807) is 6.07 Å². The highest BCUT2D eigenvalue weighted by Gasteiger charge is 2.30. The van der Waals surface area contributed by atoms with E-state index < -0.39 is 31.6 Å². The van der Waals surface area contributed by atoms with Crippen molar-refractivity contribution >= 4 is 25.5 Å². The predicted octanol–water partition coefficient (Wildman–Crippen LogP) is 3.76. The van der Waals surface area contributed by atoms with E-state index in [1.807, 2.05) is 0 Å². The SMILES string of the molecule is CCS(=O)(=O)c1ccc(-c2cccc(NS(=O)(=O)c3ccc(C(F)(F)F)cc3)c2)nn1. The molecule has 1 N–H and O–H groups in total. The van der Waals surface area contributed by atoms with E-state index >= 15 is 0 Å². The standard InChI is InChI=1S/C19H16F3N3O4S2/c1-2-30(26,27)18-11-10-17(23-24-18)13-4-3-5-15(12-13)25-31(28,29)16-8-6-14(7-9-16)19(20,21)22/h3-12,25H,2H2,1H3. The van der Waals surface area contributed by atoms with Gasteiger partial charge in [-0.3, -0.25) is 4.72 Å². The van der Waals surface area contributed by atoms with Gasteiger partial charge >= 0.3 is 6.18 Å². The Bertz CT molecular complexity index is 1290. The Morgan fingerprint density at radius 2 is 1.58 bits per heavy atom. The lowest BCUT2D eigenvalue weighted by Crippen LogP contribution is -2.13. The lowest BCUT2D eigenvalue weighted by molar-refractivity contribution is -0.137. The zero-order chi connectivity index (χ0) is 22.9. The van der Waals surface area contributed by atoms with Gasteiger partial charge in [0.1, 0.15) is 0 Å². The highest BCUT2D eigenvalue weighted by atomic mass is 32.2.